The predicted molar refractivity (Wildman–Crippen MR) is 101 cm³/mol. The van der Waals surface area contributed by atoms with Crippen molar-refractivity contribution in [3.05, 3.63) is 88.0 Å². The SMILES string of the molecule is Cc1ccc(CNCCc2ccc(-n3ccc(N)nc3=O)cc2)cc1. The van der Waals surface area contributed by atoms with Crippen molar-refractivity contribution in [3.8, 4) is 5.69 Å². The van der Waals surface area contributed by atoms with Crippen LogP contribution in [0, 0.1) is 6.92 Å². The zero-order chi connectivity index (χ0) is 17.6. The Balaban J connectivity index is 1.54. The van der Waals surface area contributed by atoms with E-state index in [1.165, 1.54) is 21.3 Å². The van der Waals surface area contributed by atoms with Crippen LogP contribution in [0.1, 0.15) is 16.7 Å². The number of benzene rings is 2. The van der Waals surface area contributed by atoms with Gasteiger partial charge in [0.1, 0.15) is 5.82 Å². The Hall–Kier alpha value is -2.92. The molecular weight excluding hydrogens is 312 g/mol. The highest BCUT2D eigenvalue weighted by atomic mass is 16.1. The largest absolute Gasteiger partial charge is 0.383 e. The van der Waals surface area contributed by atoms with Gasteiger partial charge in [0.25, 0.3) is 0 Å². The molecule has 0 aliphatic carbocycles. The van der Waals surface area contributed by atoms with Gasteiger partial charge < -0.3 is 11.1 Å². The van der Waals surface area contributed by atoms with Crippen LogP contribution in [0.15, 0.2) is 65.6 Å². The molecule has 0 aliphatic heterocycles. The lowest BCUT2D eigenvalue weighted by atomic mass is 10.1. The predicted octanol–water partition coefficient (Wildman–Crippen LogP) is 2.46. The van der Waals surface area contributed by atoms with Crippen molar-refractivity contribution in [2.45, 2.75) is 19.9 Å². The lowest BCUT2D eigenvalue weighted by Crippen LogP contribution is -2.21. The molecule has 0 unspecified atom stereocenters. The molecule has 3 N–H and O–H groups in total. The molecule has 0 radical (unpaired) electrons. The van der Waals surface area contributed by atoms with E-state index < -0.39 is 0 Å². The minimum absolute atomic E-state index is 0.234. The van der Waals surface area contributed by atoms with Gasteiger partial charge in [-0.3, -0.25) is 4.57 Å². The van der Waals surface area contributed by atoms with Gasteiger partial charge in [-0.1, -0.05) is 42.0 Å². The lowest BCUT2D eigenvalue weighted by Gasteiger charge is -2.08. The molecule has 3 rings (SSSR count). The summed E-state index contributed by atoms with van der Waals surface area (Å²) < 4.78 is 1.48. The highest BCUT2D eigenvalue weighted by molar-refractivity contribution is 5.36. The Bertz CT molecular complexity index is 883. The van der Waals surface area contributed by atoms with Gasteiger partial charge in [0.05, 0.1) is 5.69 Å². The Morgan fingerprint density at radius 3 is 2.36 bits per heavy atom. The molecule has 0 spiro atoms. The van der Waals surface area contributed by atoms with Gasteiger partial charge in [-0.2, -0.15) is 4.98 Å². The summed E-state index contributed by atoms with van der Waals surface area (Å²) in [5.74, 6) is 0.234. The van der Waals surface area contributed by atoms with Crippen molar-refractivity contribution in [1.29, 1.82) is 0 Å². The van der Waals surface area contributed by atoms with Crippen LogP contribution < -0.4 is 16.7 Å². The molecule has 0 fully saturated rings. The second-order valence-corrected chi connectivity index (χ2v) is 6.08. The van der Waals surface area contributed by atoms with E-state index in [-0.39, 0.29) is 11.5 Å². The van der Waals surface area contributed by atoms with Crippen molar-refractivity contribution >= 4 is 5.82 Å². The number of nitrogens with two attached hydrogens (primary N) is 1. The topological polar surface area (TPSA) is 72.9 Å². The third-order valence-corrected chi connectivity index (χ3v) is 4.08. The fourth-order valence-electron chi connectivity index (χ4n) is 2.61. The first-order chi connectivity index (χ1) is 12.1. The second-order valence-electron chi connectivity index (χ2n) is 6.08. The molecule has 0 amide bonds. The van der Waals surface area contributed by atoms with E-state index in [1.807, 2.05) is 24.3 Å². The molecule has 0 atom stereocenters. The number of nitrogens with one attached hydrogen (secondary N) is 1. The van der Waals surface area contributed by atoms with Gasteiger partial charge >= 0.3 is 5.69 Å². The average Bonchev–Trinajstić information content (AvgIpc) is 2.61. The number of hydrogen-bond acceptors (Lipinski definition) is 4. The highest BCUT2D eigenvalue weighted by Crippen LogP contribution is 2.09. The summed E-state index contributed by atoms with van der Waals surface area (Å²) >= 11 is 0. The fourth-order valence-corrected chi connectivity index (χ4v) is 2.61. The summed E-state index contributed by atoms with van der Waals surface area (Å²) in [4.78, 5) is 15.6. The van der Waals surface area contributed by atoms with E-state index in [9.17, 15) is 4.79 Å². The number of rotatable bonds is 6. The lowest BCUT2D eigenvalue weighted by molar-refractivity contribution is 0.687. The van der Waals surface area contributed by atoms with Crippen molar-refractivity contribution in [1.82, 2.24) is 14.9 Å². The molecule has 0 saturated carbocycles. The van der Waals surface area contributed by atoms with Crippen LogP contribution in [0.4, 0.5) is 5.82 Å². The second kappa shape index (κ2) is 7.77. The summed E-state index contributed by atoms with van der Waals surface area (Å²) in [6, 6.07) is 18.1. The van der Waals surface area contributed by atoms with E-state index in [1.54, 1.807) is 12.3 Å². The number of nitrogens with zero attached hydrogens (tertiary/aromatic N) is 2. The molecule has 0 saturated heterocycles. The van der Waals surface area contributed by atoms with Crippen LogP contribution in [-0.2, 0) is 13.0 Å². The summed E-state index contributed by atoms with van der Waals surface area (Å²) in [5.41, 5.74) is 9.72. The Morgan fingerprint density at radius 1 is 1.00 bits per heavy atom. The molecule has 3 aromatic rings. The number of anilines is 1. The molecule has 5 nitrogen and oxygen atoms in total. The molecule has 0 aliphatic rings. The van der Waals surface area contributed by atoms with Crippen molar-refractivity contribution in [2.75, 3.05) is 12.3 Å². The summed E-state index contributed by atoms with van der Waals surface area (Å²) in [6.45, 7) is 3.86. The zero-order valence-corrected chi connectivity index (χ0v) is 14.3. The van der Waals surface area contributed by atoms with Gasteiger partial charge in [-0.25, -0.2) is 4.79 Å². The van der Waals surface area contributed by atoms with Gasteiger partial charge in [0.15, 0.2) is 0 Å². The Kier molecular flexibility index (Phi) is 5.26. The first-order valence-corrected chi connectivity index (χ1v) is 8.32. The maximum absolute atomic E-state index is 11.9. The van der Waals surface area contributed by atoms with E-state index in [0.29, 0.717) is 0 Å². The van der Waals surface area contributed by atoms with Crippen LogP contribution >= 0.6 is 0 Å². The van der Waals surface area contributed by atoms with Crippen molar-refractivity contribution in [3.63, 3.8) is 0 Å². The normalized spacial score (nSPS) is 10.8. The van der Waals surface area contributed by atoms with Crippen LogP contribution in [0.5, 0.6) is 0 Å². The monoisotopic (exact) mass is 334 g/mol. The quantitative estimate of drug-likeness (QED) is 0.679. The average molecular weight is 334 g/mol. The first kappa shape index (κ1) is 16.9. The van der Waals surface area contributed by atoms with Gasteiger partial charge in [0, 0.05) is 12.7 Å². The maximum Gasteiger partial charge on any atom is 0.354 e. The van der Waals surface area contributed by atoms with Crippen molar-refractivity contribution < 1.29 is 0 Å². The molecule has 1 heterocycles. The summed E-state index contributed by atoms with van der Waals surface area (Å²) in [5, 5.41) is 3.45. The fraction of sp³-hybridized carbons (Fsp3) is 0.200. The third kappa shape index (κ3) is 4.55. The molecule has 5 heteroatoms. The zero-order valence-electron chi connectivity index (χ0n) is 14.3. The van der Waals surface area contributed by atoms with E-state index in [4.69, 9.17) is 5.73 Å². The standard InChI is InChI=1S/C20H22N4O/c1-15-2-4-17(5-3-15)14-22-12-10-16-6-8-18(9-7-16)24-13-11-19(21)23-20(24)25/h2-9,11,13,22H,10,12,14H2,1H3,(H2,21,23,25). The van der Waals surface area contributed by atoms with Crippen LogP contribution in [0.25, 0.3) is 5.69 Å². The van der Waals surface area contributed by atoms with Crippen LogP contribution in [0.3, 0.4) is 0 Å². The number of hydrogen-bond donors (Lipinski definition) is 2. The van der Waals surface area contributed by atoms with Gasteiger partial charge in [-0.05, 0) is 49.2 Å². The van der Waals surface area contributed by atoms with E-state index >= 15 is 0 Å². The van der Waals surface area contributed by atoms with Gasteiger partial charge in [0.2, 0.25) is 0 Å². The molecular formula is C20H22N4O. The van der Waals surface area contributed by atoms with E-state index in [2.05, 4.69) is 41.5 Å². The van der Waals surface area contributed by atoms with Crippen LogP contribution in [0.2, 0.25) is 0 Å². The van der Waals surface area contributed by atoms with Crippen molar-refractivity contribution in [2.24, 2.45) is 0 Å². The van der Waals surface area contributed by atoms with Crippen LogP contribution in [-0.4, -0.2) is 16.1 Å². The Morgan fingerprint density at radius 2 is 1.68 bits per heavy atom. The maximum atomic E-state index is 11.9. The first-order valence-electron chi connectivity index (χ1n) is 8.32. The number of nitrogen functional groups attached to an aromatic ring is 1. The third-order valence-electron chi connectivity index (χ3n) is 4.08. The molecule has 25 heavy (non-hydrogen) atoms. The Labute approximate surface area is 147 Å². The smallest absolute Gasteiger partial charge is 0.354 e. The number of aryl methyl sites for hydroxylation is 1. The van der Waals surface area contributed by atoms with E-state index in [0.717, 1.165) is 25.2 Å². The molecule has 0 bridgehead atoms. The van der Waals surface area contributed by atoms with Gasteiger partial charge in [-0.15, -0.1) is 0 Å². The summed E-state index contributed by atoms with van der Waals surface area (Å²) in [6.07, 6.45) is 2.57. The number of aromatic nitrogens is 2. The molecule has 128 valence electrons. The molecule has 2 aromatic carbocycles. The minimum atomic E-state index is -0.368. The molecule has 1 aromatic heterocycles. The summed E-state index contributed by atoms with van der Waals surface area (Å²) in [7, 11) is 0. The minimum Gasteiger partial charge on any atom is -0.383 e. The highest BCUT2D eigenvalue weighted by Gasteiger charge is 2.01.